The molecule has 0 spiro atoms. The first kappa shape index (κ1) is 10.9. The summed E-state index contributed by atoms with van der Waals surface area (Å²) in [5, 5.41) is 13.1. The van der Waals surface area contributed by atoms with Crippen LogP contribution < -0.4 is 0 Å². The van der Waals surface area contributed by atoms with Crippen LogP contribution >= 0.6 is 0 Å². The standard InChI is InChI=1S/C13H10N4/c1-2-8-17-12(5-6-14)9-13(16-17)11-4-3-7-15-10-11/h1,3-4,7,9-10H,5,8H2. The molecule has 2 rings (SSSR count). The van der Waals surface area contributed by atoms with Crippen LogP contribution in [0.4, 0.5) is 0 Å². The summed E-state index contributed by atoms with van der Waals surface area (Å²) in [6, 6.07) is 7.74. The molecule has 17 heavy (non-hydrogen) atoms. The van der Waals surface area contributed by atoms with Gasteiger partial charge in [-0.1, -0.05) is 5.92 Å². The van der Waals surface area contributed by atoms with Crippen molar-refractivity contribution in [3.05, 3.63) is 36.3 Å². The zero-order valence-corrected chi connectivity index (χ0v) is 9.17. The number of terminal acetylenes is 1. The van der Waals surface area contributed by atoms with Gasteiger partial charge in [-0.05, 0) is 18.2 Å². The molecule has 0 radical (unpaired) electrons. The van der Waals surface area contributed by atoms with Crippen molar-refractivity contribution in [2.75, 3.05) is 0 Å². The van der Waals surface area contributed by atoms with E-state index in [0.717, 1.165) is 17.0 Å². The van der Waals surface area contributed by atoms with Crippen molar-refractivity contribution in [1.82, 2.24) is 14.8 Å². The van der Waals surface area contributed by atoms with Gasteiger partial charge in [0.2, 0.25) is 0 Å². The van der Waals surface area contributed by atoms with E-state index in [9.17, 15) is 0 Å². The molecule has 0 saturated heterocycles. The second kappa shape index (κ2) is 4.96. The highest BCUT2D eigenvalue weighted by Crippen LogP contribution is 2.18. The average molecular weight is 222 g/mol. The lowest BCUT2D eigenvalue weighted by atomic mass is 10.2. The van der Waals surface area contributed by atoms with Crippen molar-refractivity contribution < 1.29 is 0 Å². The van der Waals surface area contributed by atoms with Crippen LogP contribution in [0, 0.1) is 23.7 Å². The van der Waals surface area contributed by atoms with Crippen LogP contribution in [-0.2, 0) is 13.0 Å². The molecule has 0 N–H and O–H groups in total. The van der Waals surface area contributed by atoms with Gasteiger partial charge in [0.15, 0.2) is 0 Å². The molecular formula is C13H10N4. The van der Waals surface area contributed by atoms with Crippen LogP contribution in [0.3, 0.4) is 0 Å². The van der Waals surface area contributed by atoms with Crippen LogP contribution in [0.25, 0.3) is 11.3 Å². The van der Waals surface area contributed by atoms with E-state index in [-0.39, 0.29) is 0 Å². The minimum Gasteiger partial charge on any atom is -0.264 e. The fraction of sp³-hybridized carbons (Fsp3) is 0.154. The molecule has 0 aliphatic carbocycles. The highest BCUT2D eigenvalue weighted by Gasteiger charge is 2.08. The molecule has 2 aromatic rings. The summed E-state index contributed by atoms with van der Waals surface area (Å²) < 4.78 is 1.67. The van der Waals surface area contributed by atoms with E-state index in [1.54, 1.807) is 17.1 Å². The Balaban J connectivity index is 2.41. The SMILES string of the molecule is C#CCn1nc(-c2cccnc2)cc1CC#N. The summed E-state index contributed by atoms with van der Waals surface area (Å²) in [5.74, 6) is 2.52. The topological polar surface area (TPSA) is 54.5 Å². The van der Waals surface area contributed by atoms with E-state index in [1.807, 2.05) is 18.2 Å². The monoisotopic (exact) mass is 222 g/mol. The molecule has 0 amide bonds. The molecule has 0 fully saturated rings. The third kappa shape index (κ3) is 2.32. The van der Waals surface area contributed by atoms with Gasteiger partial charge in [0.05, 0.1) is 23.9 Å². The van der Waals surface area contributed by atoms with Crippen LogP contribution in [0.1, 0.15) is 5.69 Å². The van der Waals surface area contributed by atoms with Crippen molar-refractivity contribution in [3.63, 3.8) is 0 Å². The third-order valence-corrected chi connectivity index (χ3v) is 2.32. The summed E-state index contributed by atoms with van der Waals surface area (Å²) in [4.78, 5) is 4.04. The highest BCUT2D eigenvalue weighted by atomic mass is 15.3. The van der Waals surface area contributed by atoms with E-state index < -0.39 is 0 Å². The van der Waals surface area contributed by atoms with Gasteiger partial charge in [-0.3, -0.25) is 9.67 Å². The molecule has 0 atom stereocenters. The Morgan fingerprint density at radius 2 is 2.35 bits per heavy atom. The molecule has 4 heteroatoms. The summed E-state index contributed by atoms with van der Waals surface area (Å²) in [6.07, 6.45) is 9.01. The van der Waals surface area contributed by atoms with Gasteiger partial charge in [0, 0.05) is 18.0 Å². The largest absolute Gasteiger partial charge is 0.264 e. The van der Waals surface area contributed by atoms with E-state index in [0.29, 0.717) is 13.0 Å². The van der Waals surface area contributed by atoms with Gasteiger partial charge in [-0.25, -0.2) is 0 Å². The fourth-order valence-electron chi connectivity index (χ4n) is 1.56. The summed E-state index contributed by atoms with van der Waals surface area (Å²) >= 11 is 0. The molecule has 0 saturated carbocycles. The van der Waals surface area contributed by atoms with Gasteiger partial charge in [-0.2, -0.15) is 10.4 Å². The number of hydrogen-bond acceptors (Lipinski definition) is 3. The third-order valence-electron chi connectivity index (χ3n) is 2.32. The Kier molecular flexibility index (Phi) is 3.18. The quantitative estimate of drug-likeness (QED) is 0.742. The number of hydrogen-bond donors (Lipinski definition) is 0. The first-order chi connectivity index (χ1) is 8.35. The molecule has 4 nitrogen and oxygen atoms in total. The van der Waals surface area contributed by atoms with E-state index in [2.05, 4.69) is 22.1 Å². The molecular weight excluding hydrogens is 212 g/mol. The summed E-state index contributed by atoms with van der Waals surface area (Å²) in [6.45, 7) is 0.372. The van der Waals surface area contributed by atoms with Gasteiger partial charge in [0.25, 0.3) is 0 Å². The van der Waals surface area contributed by atoms with Crippen LogP contribution in [0.15, 0.2) is 30.6 Å². The summed E-state index contributed by atoms with van der Waals surface area (Å²) in [7, 11) is 0. The zero-order chi connectivity index (χ0) is 12.1. The Bertz CT molecular complexity index is 551. The highest BCUT2D eigenvalue weighted by molar-refractivity contribution is 5.58. The van der Waals surface area contributed by atoms with Gasteiger partial charge >= 0.3 is 0 Å². The molecule has 0 bridgehead atoms. The Morgan fingerprint density at radius 1 is 1.47 bits per heavy atom. The second-order valence-electron chi connectivity index (χ2n) is 3.46. The Hall–Kier alpha value is -2.59. The molecule has 0 unspecified atom stereocenters. The fourth-order valence-corrected chi connectivity index (χ4v) is 1.56. The van der Waals surface area contributed by atoms with Crippen LogP contribution in [0.5, 0.6) is 0 Å². The number of nitriles is 1. The maximum atomic E-state index is 8.74. The minimum atomic E-state index is 0.301. The van der Waals surface area contributed by atoms with Crippen molar-refractivity contribution >= 4 is 0 Å². The first-order valence-corrected chi connectivity index (χ1v) is 5.12. The Morgan fingerprint density at radius 3 is 3.00 bits per heavy atom. The van der Waals surface area contributed by atoms with Gasteiger partial charge < -0.3 is 0 Å². The number of aromatic nitrogens is 3. The first-order valence-electron chi connectivity index (χ1n) is 5.12. The van der Waals surface area contributed by atoms with Crippen molar-refractivity contribution in [2.45, 2.75) is 13.0 Å². The van der Waals surface area contributed by atoms with Crippen molar-refractivity contribution in [2.24, 2.45) is 0 Å². The van der Waals surface area contributed by atoms with Gasteiger partial charge in [-0.15, -0.1) is 6.42 Å². The minimum absolute atomic E-state index is 0.301. The van der Waals surface area contributed by atoms with E-state index >= 15 is 0 Å². The molecule has 0 aromatic carbocycles. The molecule has 2 heterocycles. The normalized spacial score (nSPS) is 9.53. The molecule has 0 aliphatic heterocycles. The maximum absolute atomic E-state index is 8.74. The van der Waals surface area contributed by atoms with Crippen molar-refractivity contribution in [3.8, 4) is 29.7 Å². The smallest absolute Gasteiger partial charge is 0.102 e. The summed E-state index contributed by atoms with van der Waals surface area (Å²) in [5.41, 5.74) is 2.53. The maximum Gasteiger partial charge on any atom is 0.102 e. The van der Waals surface area contributed by atoms with E-state index in [4.69, 9.17) is 11.7 Å². The number of nitrogens with zero attached hydrogens (tertiary/aromatic N) is 4. The molecule has 0 aliphatic rings. The molecule has 2 aromatic heterocycles. The number of pyridine rings is 1. The average Bonchev–Trinajstić information content (AvgIpc) is 2.75. The lowest BCUT2D eigenvalue weighted by molar-refractivity contribution is 0.685. The zero-order valence-electron chi connectivity index (χ0n) is 9.17. The van der Waals surface area contributed by atoms with Crippen LogP contribution in [0.2, 0.25) is 0 Å². The van der Waals surface area contributed by atoms with E-state index in [1.165, 1.54) is 0 Å². The predicted octanol–water partition coefficient (Wildman–Crippen LogP) is 1.64. The molecule has 82 valence electrons. The van der Waals surface area contributed by atoms with Gasteiger partial charge in [0.1, 0.15) is 6.54 Å². The lowest BCUT2D eigenvalue weighted by Gasteiger charge is -1.98. The lowest BCUT2D eigenvalue weighted by Crippen LogP contribution is -2.02. The second-order valence-corrected chi connectivity index (χ2v) is 3.46. The predicted molar refractivity (Wildman–Crippen MR) is 63.6 cm³/mol. The van der Waals surface area contributed by atoms with Crippen LogP contribution in [-0.4, -0.2) is 14.8 Å². The number of rotatable bonds is 3. The van der Waals surface area contributed by atoms with Crippen molar-refractivity contribution in [1.29, 1.82) is 5.26 Å². The Labute approximate surface area is 99.5 Å².